The monoisotopic (exact) mass is 211 g/mol. The second kappa shape index (κ2) is 2.58. The molecule has 0 aliphatic rings. The molecular weight excluding hydrogens is 206 g/mol. The van der Waals surface area contributed by atoms with Crippen LogP contribution in [-0.4, -0.2) is 4.98 Å². The van der Waals surface area contributed by atoms with E-state index in [1.165, 1.54) is 0 Å². The first-order valence-corrected chi connectivity index (χ1v) is 3.91. The number of benzene rings is 1. The first-order chi connectivity index (χ1) is 5.42. The van der Waals surface area contributed by atoms with Gasteiger partial charge in [0.2, 0.25) is 0 Å². The highest BCUT2D eigenvalue weighted by atomic mass is 79.9. The zero-order valence-electron chi connectivity index (χ0n) is 5.67. The van der Waals surface area contributed by atoms with E-state index < -0.39 is 0 Å². The molecule has 2 nitrogen and oxygen atoms in total. The highest BCUT2D eigenvalue weighted by Gasteiger charge is 1.99. The van der Waals surface area contributed by atoms with Crippen molar-refractivity contribution in [1.29, 1.82) is 0 Å². The topological polar surface area (TPSA) is 25.0 Å². The van der Waals surface area contributed by atoms with Gasteiger partial charge in [-0.25, -0.2) is 0 Å². The molecule has 1 N–H and O–H groups in total. The maximum Gasteiger partial charge on any atom is 0.179 e. The van der Waals surface area contributed by atoms with E-state index in [4.69, 9.17) is 3.83 Å². The second-order valence-electron chi connectivity index (χ2n) is 2.27. The number of fused-ring (bicyclic) bond motifs is 1. The van der Waals surface area contributed by atoms with Crippen molar-refractivity contribution in [2.24, 2.45) is 0 Å². The first kappa shape index (κ1) is 6.73. The van der Waals surface area contributed by atoms with Gasteiger partial charge in [-0.15, -0.1) is 0 Å². The third-order valence-electron chi connectivity index (χ3n) is 1.64. The number of H-pyrrole nitrogens is 1. The van der Waals surface area contributed by atoms with Crippen LogP contribution in [0.5, 0.6) is 5.75 Å². The van der Waals surface area contributed by atoms with E-state index in [9.17, 15) is 0 Å². The molecule has 0 spiro atoms. The summed E-state index contributed by atoms with van der Waals surface area (Å²) in [5.74, 6) is 0.837. The number of aromatic nitrogens is 1. The summed E-state index contributed by atoms with van der Waals surface area (Å²) in [7, 11) is 0. The molecular formula is C8H6BrNO. The fraction of sp³-hybridized carbons (Fsp3) is 0. The van der Waals surface area contributed by atoms with E-state index >= 15 is 0 Å². The molecule has 0 aliphatic carbocycles. The molecule has 0 saturated carbocycles. The van der Waals surface area contributed by atoms with Gasteiger partial charge in [-0.2, -0.15) is 0 Å². The zero-order chi connectivity index (χ0) is 7.68. The molecule has 2 rings (SSSR count). The lowest BCUT2D eigenvalue weighted by molar-refractivity contribution is 0.687. The standard InChI is InChI=1S/C8H6BrNO/c9-11-8-3-1-2-7-6(8)4-5-10-7/h1-5,10H. The Hall–Kier alpha value is -0.960. The van der Waals surface area contributed by atoms with Crippen LogP contribution in [0.2, 0.25) is 0 Å². The summed E-state index contributed by atoms with van der Waals surface area (Å²) in [6.07, 6.45) is 1.89. The Balaban J connectivity index is 2.79. The van der Waals surface area contributed by atoms with Crippen LogP contribution in [0.3, 0.4) is 0 Å². The average molecular weight is 212 g/mol. The van der Waals surface area contributed by atoms with Crippen molar-refractivity contribution in [3.05, 3.63) is 30.5 Å². The van der Waals surface area contributed by atoms with E-state index in [0.717, 1.165) is 16.7 Å². The van der Waals surface area contributed by atoms with Crippen molar-refractivity contribution >= 4 is 27.2 Å². The molecule has 56 valence electrons. The molecule has 1 aromatic heterocycles. The molecule has 0 aliphatic heterocycles. The van der Waals surface area contributed by atoms with Crippen molar-refractivity contribution in [1.82, 2.24) is 4.98 Å². The van der Waals surface area contributed by atoms with Crippen molar-refractivity contribution < 1.29 is 3.83 Å². The van der Waals surface area contributed by atoms with Gasteiger partial charge in [0, 0.05) is 17.1 Å². The normalized spacial score (nSPS) is 10.3. The van der Waals surface area contributed by atoms with Gasteiger partial charge in [0.15, 0.2) is 16.3 Å². The van der Waals surface area contributed by atoms with Gasteiger partial charge in [-0.05, 0) is 18.2 Å². The summed E-state index contributed by atoms with van der Waals surface area (Å²) >= 11 is 2.95. The van der Waals surface area contributed by atoms with Crippen molar-refractivity contribution in [2.45, 2.75) is 0 Å². The Labute approximate surface area is 72.6 Å². The maximum atomic E-state index is 4.98. The lowest BCUT2D eigenvalue weighted by atomic mass is 10.2. The minimum absolute atomic E-state index is 0.837. The van der Waals surface area contributed by atoms with Crippen LogP contribution in [0.1, 0.15) is 0 Å². The van der Waals surface area contributed by atoms with Gasteiger partial charge in [0.1, 0.15) is 5.75 Å². The van der Waals surface area contributed by atoms with Crippen LogP contribution in [0.15, 0.2) is 30.5 Å². The summed E-state index contributed by atoms with van der Waals surface area (Å²) in [5, 5.41) is 1.09. The predicted octanol–water partition coefficient (Wildman–Crippen LogP) is 2.86. The largest absolute Gasteiger partial charge is 0.417 e. The van der Waals surface area contributed by atoms with Crippen molar-refractivity contribution in [2.75, 3.05) is 0 Å². The average Bonchev–Trinajstić information content (AvgIpc) is 2.50. The van der Waals surface area contributed by atoms with Crippen molar-refractivity contribution in [3.8, 4) is 5.75 Å². The third-order valence-corrected chi connectivity index (χ3v) is 1.99. The molecule has 0 unspecified atom stereocenters. The van der Waals surface area contributed by atoms with E-state index in [1.54, 1.807) is 0 Å². The molecule has 0 amide bonds. The van der Waals surface area contributed by atoms with Gasteiger partial charge in [0.05, 0.1) is 0 Å². The van der Waals surface area contributed by atoms with Crippen LogP contribution in [-0.2, 0) is 0 Å². The fourth-order valence-electron chi connectivity index (χ4n) is 1.12. The number of aromatic amines is 1. The van der Waals surface area contributed by atoms with E-state index in [-0.39, 0.29) is 0 Å². The zero-order valence-corrected chi connectivity index (χ0v) is 7.26. The molecule has 0 bridgehead atoms. The lowest BCUT2D eigenvalue weighted by Gasteiger charge is -1.96. The van der Waals surface area contributed by atoms with Gasteiger partial charge in [0.25, 0.3) is 0 Å². The van der Waals surface area contributed by atoms with Gasteiger partial charge in [-0.1, -0.05) is 6.07 Å². The Kier molecular flexibility index (Phi) is 1.58. The first-order valence-electron chi connectivity index (χ1n) is 3.26. The number of halogens is 1. The van der Waals surface area contributed by atoms with Gasteiger partial charge in [-0.3, -0.25) is 0 Å². The highest BCUT2D eigenvalue weighted by molar-refractivity contribution is 9.06. The van der Waals surface area contributed by atoms with E-state index in [1.807, 2.05) is 30.5 Å². The minimum atomic E-state index is 0.837. The maximum absolute atomic E-state index is 4.98. The van der Waals surface area contributed by atoms with Crippen LogP contribution in [0, 0.1) is 0 Å². The Morgan fingerprint density at radius 3 is 3.00 bits per heavy atom. The summed E-state index contributed by atoms with van der Waals surface area (Å²) < 4.78 is 4.98. The molecule has 1 aromatic carbocycles. The van der Waals surface area contributed by atoms with Gasteiger partial charge >= 0.3 is 0 Å². The number of nitrogens with one attached hydrogen (secondary N) is 1. The number of hydrogen-bond acceptors (Lipinski definition) is 1. The molecule has 3 heteroatoms. The summed E-state index contributed by atoms with van der Waals surface area (Å²) in [4.78, 5) is 3.09. The molecule has 2 aromatic rings. The van der Waals surface area contributed by atoms with Crippen LogP contribution < -0.4 is 3.83 Å². The smallest absolute Gasteiger partial charge is 0.179 e. The molecule has 0 radical (unpaired) electrons. The summed E-state index contributed by atoms with van der Waals surface area (Å²) in [6, 6.07) is 7.83. The Bertz CT molecular complexity index is 369. The molecule has 0 atom stereocenters. The quantitative estimate of drug-likeness (QED) is 0.772. The molecule has 0 saturated heterocycles. The SMILES string of the molecule is BrOc1cccc2[nH]ccc12. The lowest BCUT2D eigenvalue weighted by Crippen LogP contribution is -1.74. The van der Waals surface area contributed by atoms with E-state index in [0.29, 0.717) is 0 Å². The summed E-state index contributed by atoms with van der Waals surface area (Å²) in [5.41, 5.74) is 1.09. The predicted molar refractivity (Wildman–Crippen MR) is 47.9 cm³/mol. The number of hydrogen-bond donors (Lipinski definition) is 1. The third kappa shape index (κ3) is 1.01. The van der Waals surface area contributed by atoms with Crippen molar-refractivity contribution in [3.63, 3.8) is 0 Å². The Morgan fingerprint density at radius 1 is 1.27 bits per heavy atom. The fourth-order valence-corrected chi connectivity index (χ4v) is 1.41. The van der Waals surface area contributed by atoms with Crippen LogP contribution >= 0.6 is 16.3 Å². The Morgan fingerprint density at radius 2 is 2.18 bits per heavy atom. The van der Waals surface area contributed by atoms with Gasteiger partial charge < -0.3 is 8.81 Å². The van der Waals surface area contributed by atoms with E-state index in [2.05, 4.69) is 21.2 Å². The molecule has 1 heterocycles. The summed E-state index contributed by atoms with van der Waals surface area (Å²) in [6.45, 7) is 0. The molecule has 11 heavy (non-hydrogen) atoms. The molecule has 0 fully saturated rings. The highest BCUT2D eigenvalue weighted by Crippen LogP contribution is 2.25. The van der Waals surface area contributed by atoms with Crippen LogP contribution in [0.4, 0.5) is 0 Å². The van der Waals surface area contributed by atoms with Crippen LogP contribution in [0.25, 0.3) is 10.9 Å². The minimum Gasteiger partial charge on any atom is -0.417 e. The second-order valence-corrected chi connectivity index (χ2v) is 2.60. The number of rotatable bonds is 1.